The van der Waals surface area contributed by atoms with Crippen molar-refractivity contribution in [2.24, 2.45) is 0 Å². The number of nitrogens with one attached hydrogen (secondary N) is 2. The van der Waals surface area contributed by atoms with Crippen LogP contribution in [0.5, 0.6) is 0 Å². The number of hydrogen-bond donors (Lipinski definition) is 2. The van der Waals surface area contributed by atoms with Gasteiger partial charge in [0.25, 0.3) is 5.91 Å². The monoisotopic (exact) mass is 294 g/mol. The summed E-state index contributed by atoms with van der Waals surface area (Å²) in [5, 5.41) is 5.42. The molecular weight excluding hydrogens is 281 g/mol. The van der Waals surface area contributed by atoms with Crippen LogP contribution in [0, 0.1) is 17.5 Å². The van der Waals surface area contributed by atoms with E-state index >= 15 is 0 Å². The molecule has 3 nitrogen and oxygen atoms in total. The first kappa shape index (κ1) is 15.1. The van der Waals surface area contributed by atoms with Gasteiger partial charge in [0.15, 0.2) is 17.5 Å². The van der Waals surface area contributed by atoms with Crippen molar-refractivity contribution >= 4 is 11.6 Å². The highest BCUT2D eigenvalue weighted by atomic mass is 19.2. The molecule has 2 aromatic rings. The smallest absolute Gasteiger partial charge is 0.258 e. The molecule has 0 aliphatic rings. The number of carbonyl (C=O) groups is 1. The average molecular weight is 294 g/mol. The normalized spacial score (nSPS) is 10.5. The maximum absolute atomic E-state index is 13.6. The maximum atomic E-state index is 13.6. The number of benzene rings is 2. The molecule has 1 amide bonds. The summed E-state index contributed by atoms with van der Waals surface area (Å²) >= 11 is 0. The molecular formula is C15H13F3N2O. The minimum Gasteiger partial charge on any atom is -0.322 e. The van der Waals surface area contributed by atoms with Crippen LogP contribution in [0.2, 0.25) is 0 Å². The van der Waals surface area contributed by atoms with Gasteiger partial charge in [-0.25, -0.2) is 13.2 Å². The summed E-state index contributed by atoms with van der Waals surface area (Å²) in [5.74, 6) is -5.33. The molecule has 110 valence electrons. The topological polar surface area (TPSA) is 41.1 Å². The molecule has 0 aliphatic carbocycles. The first-order valence-electron chi connectivity index (χ1n) is 6.22. The maximum Gasteiger partial charge on any atom is 0.258 e. The summed E-state index contributed by atoms with van der Waals surface area (Å²) in [6, 6.07) is 8.55. The summed E-state index contributed by atoms with van der Waals surface area (Å²) in [7, 11) is 1.74. The lowest BCUT2D eigenvalue weighted by atomic mass is 10.1. The zero-order valence-corrected chi connectivity index (χ0v) is 11.2. The average Bonchev–Trinajstić information content (AvgIpc) is 2.47. The Balaban J connectivity index is 2.29. The second-order valence-electron chi connectivity index (χ2n) is 4.36. The van der Waals surface area contributed by atoms with Crippen LogP contribution in [0.4, 0.5) is 18.9 Å². The second-order valence-corrected chi connectivity index (χ2v) is 4.36. The molecule has 0 atom stereocenters. The van der Waals surface area contributed by atoms with Gasteiger partial charge in [-0.2, -0.15) is 0 Å². The standard InChI is InChI=1S/C15H13F3N2O/c1-19-8-9-4-2-3-5-12(9)20-15(21)10-6-7-11(16)14(18)13(10)17/h2-7,19H,8H2,1H3,(H,20,21). The predicted octanol–water partition coefficient (Wildman–Crippen LogP) is 3.08. The fourth-order valence-corrected chi connectivity index (χ4v) is 1.88. The van der Waals surface area contributed by atoms with E-state index in [0.29, 0.717) is 18.3 Å². The number of rotatable bonds is 4. The first-order valence-corrected chi connectivity index (χ1v) is 6.22. The zero-order valence-electron chi connectivity index (χ0n) is 11.2. The van der Waals surface area contributed by atoms with Crippen molar-refractivity contribution in [2.45, 2.75) is 6.54 Å². The summed E-state index contributed by atoms with van der Waals surface area (Å²) < 4.78 is 39.6. The van der Waals surface area contributed by atoms with E-state index in [4.69, 9.17) is 0 Å². The Morgan fingerprint density at radius 2 is 1.76 bits per heavy atom. The third kappa shape index (κ3) is 3.22. The van der Waals surface area contributed by atoms with E-state index in [0.717, 1.165) is 11.6 Å². The van der Waals surface area contributed by atoms with Gasteiger partial charge in [0.2, 0.25) is 0 Å². The Morgan fingerprint density at radius 3 is 2.48 bits per heavy atom. The molecule has 0 saturated heterocycles. The molecule has 2 N–H and O–H groups in total. The van der Waals surface area contributed by atoms with Crippen molar-refractivity contribution in [3.63, 3.8) is 0 Å². The summed E-state index contributed by atoms with van der Waals surface area (Å²) in [4.78, 5) is 12.0. The molecule has 0 saturated carbocycles. The molecule has 0 fully saturated rings. The van der Waals surface area contributed by atoms with Crippen LogP contribution in [0.25, 0.3) is 0 Å². The van der Waals surface area contributed by atoms with E-state index in [1.165, 1.54) is 0 Å². The number of hydrogen-bond acceptors (Lipinski definition) is 2. The van der Waals surface area contributed by atoms with Gasteiger partial charge in [-0.15, -0.1) is 0 Å². The highest BCUT2D eigenvalue weighted by Crippen LogP contribution is 2.19. The molecule has 6 heteroatoms. The molecule has 21 heavy (non-hydrogen) atoms. The molecule has 0 bridgehead atoms. The lowest BCUT2D eigenvalue weighted by Crippen LogP contribution is -2.17. The van der Waals surface area contributed by atoms with Gasteiger partial charge in [-0.1, -0.05) is 18.2 Å². The van der Waals surface area contributed by atoms with Crippen LogP contribution >= 0.6 is 0 Å². The van der Waals surface area contributed by atoms with Crippen molar-refractivity contribution in [1.82, 2.24) is 5.32 Å². The fraction of sp³-hybridized carbons (Fsp3) is 0.133. The molecule has 2 aromatic carbocycles. The van der Waals surface area contributed by atoms with Gasteiger partial charge in [0.05, 0.1) is 5.56 Å². The molecule has 0 radical (unpaired) electrons. The predicted molar refractivity (Wildman–Crippen MR) is 73.5 cm³/mol. The molecule has 0 aromatic heterocycles. The second kappa shape index (κ2) is 6.41. The van der Waals surface area contributed by atoms with Crippen LogP contribution in [0.15, 0.2) is 36.4 Å². The summed E-state index contributed by atoms with van der Waals surface area (Å²) in [6.45, 7) is 0.497. The van der Waals surface area contributed by atoms with Gasteiger partial charge in [0.1, 0.15) is 0 Å². The molecule has 2 rings (SSSR count). The van der Waals surface area contributed by atoms with Gasteiger partial charge >= 0.3 is 0 Å². The van der Waals surface area contributed by atoms with Gasteiger partial charge in [0, 0.05) is 12.2 Å². The van der Waals surface area contributed by atoms with Crippen LogP contribution in [-0.2, 0) is 6.54 Å². The minimum atomic E-state index is -1.66. The Bertz CT molecular complexity index is 674. The van der Waals surface area contributed by atoms with Gasteiger partial charge in [-0.05, 0) is 30.8 Å². The minimum absolute atomic E-state index is 0.473. The molecule has 0 aliphatic heterocycles. The SMILES string of the molecule is CNCc1ccccc1NC(=O)c1ccc(F)c(F)c1F. The number of carbonyl (C=O) groups excluding carboxylic acids is 1. The third-order valence-corrected chi connectivity index (χ3v) is 2.91. The van der Waals surface area contributed by atoms with E-state index < -0.39 is 28.9 Å². The number of amides is 1. The Morgan fingerprint density at radius 1 is 1.05 bits per heavy atom. The van der Waals surface area contributed by atoms with Crippen molar-refractivity contribution in [2.75, 3.05) is 12.4 Å². The summed E-state index contributed by atoms with van der Waals surface area (Å²) in [6.07, 6.45) is 0. The van der Waals surface area contributed by atoms with E-state index in [9.17, 15) is 18.0 Å². The number of halogens is 3. The highest BCUT2D eigenvalue weighted by Gasteiger charge is 2.19. The van der Waals surface area contributed by atoms with Gasteiger partial charge in [-0.3, -0.25) is 4.79 Å². The molecule has 0 heterocycles. The zero-order chi connectivity index (χ0) is 15.4. The number of para-hydroxylation sites is 1. The fourth-order valence-electron chi connectivity index (χ4n) is 1.88. The van der Waals surface area contributed by atoms with Crippen molar-refractivity contribution in [1.29, 1.82) is 0 Å². The van der Waals surface area contributed by atoms with Crippen molar-refractivity contribution in [3.05, 3.63) is 65.0 Å². The van der Waals surface area contributed by atoms with Gasteiger partial charge < -0.3 is 10.6 Å². The Hall–Kier alpha value is -2.34. The quantitative estimate of drug-likeness (QED) is 0.851. The van der Waals surface area contributed by atoms with Crippen LogP contribution in [-0.4, -0.2) is 13.0 Å². The van der Waals surface area contributed by atoms with Crippen LogP contribution in [0.1, 0.15) is 15.9 Å². The van der Waals surface area contributed by atoms with E-state index in [1.807, 2.05) is 0 Å². The van der Waals surface area contributed by atoms with E-state index in [2.05, 4.69) is 10.6 Å². The highest BCUT2D eigenvalue weighted by molar-refractivity contribution is 6.04. The van der Waals surface area contributed by atoms with Crippen molar-refractivity contribution < 1.29 is 18.0 Å². The molecule has 0 spiro atoms. The van der Waals surface area contributed by atoms with E-state index in [-0.39, 0.29) is 0 Å². The Kier molecular flexibility index (Phi) is 4.59. The number of anilines is 1. The van der Waals surface area contributed by atoms with Crippen LogP contribution in [0.3, 0.4) is 0 Å². The lowest BCUT2D eigenvalue weighted by Gasteiger charge is -2.11. The van der Waals surface area contributed by atoms with Crippen LogP contribution < -0.4 is 10.6 Å². The van der Waals surface area contributed by atoms with Crippen molar-refractivity contribution in [3.8, 4) is 0 Å². The summed E-state index contributed by atoms with van der Waals surface area (Å²) in [5.41, 5.74) is 0.713. The Labute approximate surface area is 119 Å². The third-order valence-electron chi connectivity index (χ3n) is 2.91. The first-order chi connectivity index (χ1) is 10.0. The largest absolute Gasteiger partial charge is 0.322 e. The molecule has 0 unspecified atom stereocenters. The lowest BCUT2D eigenvalue weighted by molar-refractivity contribution is 0.102. The van der Waals surface area contributed by atoms with E-state index in [1.54, 1.807) is 31.3 Å².